The van der Waals surface area contributed by atoms with Gasteiger partial charge in [-0.2, -0.15) is 5.10 Å². The van der Waals surface area contributed by atoms with Crippen molar-refractivity contribution in [1.82, 2.24) is 20.4 Å². The molecule has 0 fully saturated rings. The second-order valence-corrected chi connectivity index (χ2v) is 4.17. The lowest BCUT2D eigenvalue weighted by atomic mass is 10.1. The van der Waals surface area contributed by atoms with Gasteiger partial charge in [-0.3, -0.25) is 9.48 Å². The van der Waals surface area contributed by atoms with Crippen molar-refractivity contribution in [2.24, 2.45) is 13.0 Å². The van der Waals surface area contributed by atoms with Gasteiger partial charge in [0.25, 0.3) is 5.91 Å². The maximum Gasteiger partial charge on any atom is 0.254 e. The molecule has 0 aliphatic carbocycles. The minimum Gasteiger partial charge on any atom is -0.352 e. The SMILES string of the molecule is CNCC(C)CNC(=O)c1cn(C)nc1C. The van der Waals surface area contributed by atoms with E-state index in [1.165, 1.54) is 0 Å². The number of nitrogens with zero attached hydrogens (tertiary/aromatic N) is 2. The number of carbonyl (C=O) groups excluding carboxylic acids is 1. The Morgan fingerprint density at radius 1 is 1.56 bits per heavy atom. The minimum absolute atomic E-state index is 0.0476. The molecule has 0 radical (unpaired) electrons. The zero-order chi connectivity index (χ0) is 12.1. The van der Waals surface area contributed by atoms with Crippen LogP contribution >= 0.6 is 0 Å². The third kappa shape index (κ3) is 3.34. The molecule has 1 rings (SSSR count). The van der Waals surface area contributed by atoms with Crippen LogP contribution in [0.25, 0.3) is 0 Å². The summed E-state index contributed by atoms with van der Waals surface area (Å²) in [4.78, 5) is 11.8. The van der Waals surface area contributed by atoms with Crippen LogP contribution in [-0.2, 0) is 7.05 Å². The van der Waals surface area contributed by atoms with Crippen LogP contribution in [0.3, 0.4) is 0 Å². The van der Waals surface area contributed by atoms with E-state index in [-0.39, 0.29) is 5.91 Å². The third-order valence-electron chi connectivity index (χ3n) is 2.42. The van der Waals surface area contributed by atoms with Crippen LogP contribution < -0.4 is 10.6 Å². The number of amides is 1. The van der Waals surface area contributed by atoms with E-state index in [0.29, 0.717) is 18.0 Å². The molecule has 0 saturated carbocycles. The summed E-state index contributed by atoms with van der Waals surface area (Å²) in [5.74, 6) is 0.375. The fraction of sp³-hybridized carbons (Fsp3) is 0.636. The van der Waals surface area contributed by atoms with Gasteiger partial charge in [0, 0.05) is 19.8 Å². The van der Waals surface area contributed by atoms with E-state index in [9.17, 15) is 4.79 Å². The molecule has 0 saturated heterocycles. The second kappa shape index (κ2) is 5.65. The molecule has 1 unspecified atom stereocenters. The van der Waals surface area contributed by atoms with Gasteiger partial charge in [0.2, 0.25) is 0 Å². The van der Waals surface area contributed by atoms with Gasteiger partial charge >= 0.3 is 0 Å². The molecule has 0 aliphatic heterocycles. The maximum absolute atomic E-state index is 11.8. The Morgan fingerprint density at radius 2 is 2.25 bits per heavy atom. The fourth-order valence-electron chi connectivity index (χ4n) is 1.61. The number of hydrogen-bond donors (Lipinski definition) is 2. The molecule has 0 aromatic carbocycles. The molecular weight excluding hydrogens is 204 g/mol. The van der Waals surface area contributed by atoms with E-state index in [2.05, 4.69) is 22.7 Å². The van der Waals surface area contributed by atoms with E-state index in [0.717, 1.165) is 12.2 Å². The lowest BCUT2D eigenvalue weighted by Crippen LogP contribution is -2.32. The Morgan fingerprint density at radius 3 is 2.75 bits per heavy atom. The van der Waals surface area contributed by atoms with E-state index >= 15 is 0 Å². The van der Waals surface area contributed by atoms with Crippen LogP contribution in [0, 0.1) is 12.8 Å². The minimum atomic E-state index is -0.0476. The van der Waals surface area contributed by atoms with Crippen molar-refractivity contribution in [2.45, 2.75) is 13.8 Å². The standard InChI is InChI=1S/C11H20N4O/c1-8(5-12-3)6-13-11(16)10-7-15(4)14-9(10)2/h7-8,12H,5-6H2,1-4H3,(H,13,16). The van der Waals surface area contributed by atoms with Gasteiger partial charge in [0.15, 0.2) is 0 Å². The third-order valence-corrected chi connectivity index (χ3v) is 2.42. The summed E-state index contributed by atoms with van der Waals surface area (Å²) in [6.45, 7) is 5.50. The van der Waals surface area contributed by atoms with Gasteiger partial charge in [-0.05, 0) is 26.4 Å². The summed E-state index contributed by atoms with van der Waals surface area (Å²) in [6.07, 6.45) is 1.74. The van der Waals surface area contributed by atoms with E-state index in [1.807, 2.05) is 21.0 Å². The van der Waals surface area contributed by atoms with Crippen molar-refractivity contribution >= 4 is 5.91 Å². The number of nitrogens with one attached hydrogen (secondary N) is 2. The van der Waals surface area contributed by atoms with Crippen molar-refractivity contribution in [1.29, 1.82) is 0 Å². The van der Waals surface area contributed by atoms with Crippen LogP contribution in [-0.4, -0.2) is 35.8 Å². The van der Waals surface area contributed by atoms with Gasteiger partial charge < -0.3 is 10.6 Å². The summed E-state index contributed by atoms with van der Waals surface area (Å²) in [5.41, 5.74) is 1.42. The number of aryl methyl sites for hydroxylation is 2. The first-order valence-corrected chi connectivity index (χ1v) is 5.47. The first-order chi connectivity index (χ1) is 7.54. The Hall–Kier alpha value is -1.36. The van der Waals surface area contributed by atoms with E-state index < -0.39 is 0 Å². The van der Waals surface area contributed by atoms with Crippen LogP contribution in [0.5, 0.6) is 0 Å². The van der Waals surface area contributed by atoms with Crippen LogP contribution in [0.2, 0.25) is 0 Å². The Kier molecular flexibility index (Phi) is 4.49. The molecule has 5 heteroatoms. The first-order valence-electron chi connectivity index (χ1n) is 5.47. The fourth-order valence-corrected chi connectivity index (χ4v) is 1.61. The van der Waals surface area contributed by atoms with Gasteiger partial charge in [-0.15, -0.1) is 0 Å². The monoisotopic (exact) mass is 224 g/mol. The molecule has 5 nitrogen and oxygen atoms in total. The molecule has 1 amide bonds. The van der Waals surface area contributed by atoms with E-state index in [1.54, 1.807) is 10.9 Å². The summed E-state index contributed by atoms with van der Waals surface area (Å²) >= 11 is 0. The molecule has 16 heavy (non-hydrogen) atoms. The second-order valence-electron chi connectivity index (χ2n) is 4.17. The van der Waals surface area contributed by atoms with Crippen molar-refractivity contribution in [2.75, 3.05) is 20.1 Å². The maximum atomic E-state index is 11.8. The molecule has 1 aromatic heterocycles. The number of carbonyl (C=O) groups is 1. The highest BCUT2D eigenvalue weighted by Gasteiger charge is 2.12. The lowest BCUT2D eigenvalue weighted by molar-refractivity contribution is 0.0947. The summed E-state index contributed by atoms with van der Waals surface area (Å²) in [6, 6.07) is 0. The number of aromatic nitrogens is 2. The average molecular weight is 224 g/mol. The van der Waals surface area contributed by atoms with Crippen molar-refractivity contribution in [3.63, 3.8) is 0 Å². The molecule has 0 aliphatic rings. The zero-order valence-corrected chi connectivity index (χ0v) is 10.4. The van der Waals surface area contributed by atoms with Gasteiger partial charge in [-0.25, -0.2) is 0 Å². The van der Waals surface area contributed by atoms with Crippen molar-refractivity contribution in [3.05, 3.63) is 17.5 Å². The van der Waals surface area contributed by atoms with Gasteiger partial charge in [0.05, 0.1) is 11.3 Å². The Balaban J connectivity index is 2.50. The zero-order valence-electron chi connectivity index (χ0n) is 10.4. The molecule has 0 spiro atoms. The molecule has 1 atom stereocenters. The topological polar surface area (TPSA) is 58.9 Å². The van der Waals surface area contributed by atoms with Crippen LogP contribution in [0.15, 0.2) is 6.20 Å². The van der Waals surface area contributed by atoms with E-state index in [4.69, 9.17) is 0 Å². The smallest absolute Gasteiger partial charge is 0.254 e. The average Bonchev–Trinajstić information content (AvgIpc) is 2.55. The highest BCUT2D eigenvalue weighted by molar-refractivity contribution is 5.94. The lowest BCUT2D eigenvalue weighted by Gasteiger charge is -2.11. The first kappa shape index (κ1) is 12.7. The number of rotatable bonds is 5. The van der Waals surface area contributed by atoms with Crippen molar-refractivity contribution < 1.29 is 4.79 Å². The van der Waals surface area contributed by atoms with Gasteiger partial charge in [-0.1, -0.05) is 6.92 Å². The molecular formula is C11H20N4O. The Labute approximate surface area is 96.2 Å². The quantitative estimate of drug-likeness (QED) is 0.757. The van der Waals surface area contributed by atoms with Crippen LogP contribution in [0.4, 0.5) is 0 Å². The predicted octanol–water partition coefficient (Wildman–Crippen LogP) is 0.314. The van der Waals surface area contributed by atoms with Gasteiger partial charge in [0.1, 0.15) is 0 Å². The predicted molar refractivity (Wildman–Crippen MR) is 63.4 cm³/mol. The Bertz CT molecular complexity index is 359. The molecule has 0 bridgehead atoms. The van der Waals surface area contributed by atoms with Crippen LogP contribution in [0.1, 0.15) is 23.0 Å². The van der Waals surface area contributed by atoms with Crippen molar-refractivity contribution in [3.8, 4) is 0 Å². The summed E-state index contributed by atoms with van der Waals surface area (Å²) in [7, 11) is 3.72. The molecule has 90 valence electrons. The molecule has 1 aromatic rings. The summed E-state index contributed by atoms with van der Waals surface area (Å²) in [5, 5.41) is 10.1. The highest BCUT2D eigenvalue weighted by atomic mass is 16.1. The highest BCUT2D eigenvalue weighted by Crippen LogP contribution is 2.04. The summed E-state index contributed by atoms with van der Waals surface area (Å²) < 4.78 is 1.65. The normalized spacial score (nSPS) is 12.5. The number of hydrogen-bond acceptors (Lipinski definition) is 3. The molecule has 2 N–H and O–H groups in total. The molecule has 1 heterocycles. The largest absolute Gasteiger partial charge is 0.352 e.